The van der Waals surface area contributed by atoms with Crippen LogP contribution in [0.5, 0.6) is 0 Å². The van der Waals surface area contributed by atoms with E-state index in [0.29, 0.717) is 11.3 Å². The molecule has 0 spiro atoms. The predicted molar refractivity (Wildman–Crippen MR) is 109 cm³/mol. The summed E-state index contributed by atoms with van der Waals surface area (Å²) < 4.78 is 0. The van der Waals surface area contributed by atoms with E-state index < -0.39 is 0 Å². The van der Waals surface area contributed by atoms with E-state index in [-0.39, 0.29) is 5.91 Å². The summed E-state index contributed by atoms with van der Waals surface area (Å²) in [6.07, 6.45) is 3.80. The Labute approximate surface area is 155 Å². The lowest BCUT2D eigenvalue weighted by Crippen LogP contribution is -2.12. The normalized spacial score (nSPS) is 11.0. The van der Waals surface area contributed by atoms with Gasteiger partial charge in [0.05, 0.1) is 16.9 Å². The quantitative estimate of drug-likeness (QED) is 0.459. The molecule has 0 atom stereocenters. The van der Waals surface area contributed by atoms with Crippen LogP contribution in [0.3, 0.4) is 0 Å². The minimum atomic E-state index is -0.156. The topological polar surface area (TPSA) is 41.5 Å². The fourth-order valence-electron chi connectivity index (χ4n) is 2.37. The number of para-hydroxylation sites is 2. The van der Waals surface area contributed by atoms with E-state index in [1.807, 2.05) is 54.8 Å². The first-order valence-electron chi connectivity index (χ1n) is 7.81. The van der Waals surface area contributed by atoms with Crippen molar-refractivity contribution >= 4 is 46.6 Å². The molecule has 0 bridgehead atoms. The number of anilines is 1. The second kappa shape index (κ2) is 8.14. The third kappa shape index (κ3) is 4.38. The fraction of sp³-hybridized carbons (Fsp3) is 0.100. The van der Waals surface area contributed by atoms with E-state index in [9.17, 15) is 4.79 Å². The van der Waals surface area contributed by atoms with E-state index in [2.05, 4.69) is 23.3 Å². The lowest BCUT2D eigenvalue weighted by molar-refractivity contribution is 0.102. The maximum Gasteiger partial charge on any atom is 0.257 e. The van der Waals surface area contributed by atoms with Crippen molar-refractivity contribution in [1.82, 2.24) is 0 Å². The second-order valence-corrected chi connectivity index (χ2v) is 7.55. The molecule has 0 unspecified atom stereocenters. The molecule has 0 aliphatic carbocycles. The van der Waals surface area contributed by atoms with Gasteiger partial charge in [-0.05, 0) is 49.6 Å². The standard InChI is InChI=1S/C20H18N2OS2/c1-14-11-12-15(25-14)13-21-17-8-4-3-7-16(17)20(23)22-18-9-5-6-10-19(18)24-2/h3-13H,1-2H3,(H,22,23). The highest BCUT2D eigenvalue weighted by Crippen LogP contribution is 2.27. The lowest BCUT2D eigenvalue weighted by atomic mass is 10.1. The maximum atomic E-state index is 12.7. The number of rotatable bonds is 5. The summed E-state index contributed by atoms with van der Waals surface area (Å²) in [5, 5.41) is 2.99. The van der Waals surface area contributed by atoms with Crippen molar-refractivity contribution in [2.75, 3.05) is 11.6 Å². The van der Waals surface area contributed by atoms with Gasteiger partial charge in [-0.2, -0.15) is 0 Å². The number of nitrogens with one attached hydrogen (secondary N) is 1. The summed E-state index contributed by atoms with van der Waals surface area (Å²) in [5.74, 6) is -0.156. The number of aryl methyl sites for hydroxylation is 1. The minimum absolute atomic E-state index is 0.156. The van der Waals surface area contributed by atoms with Crippen molar-refractivity contribution in [2.45, 2.75) is 11.8 Å². The van der Waals surface area contributed by atoms with Crippen molar-refractivity contribution in [3.63, 3.8) is 0 Å². The van der Waals surface area contributed by atoms with Gasteiger partial charge in [-0.3, -0.25) is 9.79 Å². The summed E-state index contributed by atoms with van der Waals surface area (Å²) in [6, 6.07) is 19.2. The zero-order valence-electron chi connectivity index (χ0n) is 14.0. The molecule has 1 amide bonds. The lowest BCUT2D eigenvalue weighted by Gasteiger charge is -2.10. The van der Waals surface area contributed by atoms with E-state index in [1.165, 1.54) is 4.88 Å². The van der Waals surface area contributed by atoms with Crippen LogP contribution >= 0.6 is 23.1 Å². The molecule has 2 aromatic carbocycles. The zero-order chi connectivity index (χ0) is 17.6. The van der Waals surface area contributed by atoms with Gasteiger partial charge in [-0.25, -0.2) is 0 Å². The number of benzene rings is 2. The Hall–Kier alpha value is -2.37. The molecular formula is C20H18N2OS2. The van der Waals surface area contributed by atoms with Crippen LogP contribution in [0.2, 0.25) is 0 Å². The number of carbonyl (C=O) groups excluding carboxylic acids is 1. The Morgan fingerprint density at radius 1 is 1.08 bits per heavy atom. The van der Waals surface area contributed by atoms with Gasteiger partial charge in [-0.15, -0.1) is 23.1 Å². The summed E-state index contributed by atoms with van der Waals surface area (Å²) in [6.45, 7) is 2.06. The van der Waals surface area contributed by atoms with Crippen molar-refractivity contribution in [3.8, 4) is 0 Å². The van der Waals surface area contributed by atoms with E-state index in [1.54, 1.807) is 35.4 Å². The third-order valence-corrected chi connectivity index (χ3v) is 5.33. The van der Waals surface area contributed by atoms with Crippen LogP contribution in [0.1, 0.15) is 20.1 Å². The zero-order valence-corrected chi connectivity index (χ0v) is 15.7. The molecule has 0 aliphatic rings. The molecule has 0 saturated heterocycles. The summed E-state index contributed by atoms with van der Waals surface area (Å²) >= 11 is 3.28. The monoisotopic (exact) mass is 366 g/mol. The molecule has 3 aromatic rings. The van der Waals surface area contributed by atoms with Crippen LogP contribution in [-0.4, -0.2) is 18.4 Å². The molecule has 0 radical (unpaired) electrons. The van der Waals surface area contributed by atoms with E-state index in [4.69, 9.17) is 0 Å². The van der Waals surface area contributed by atoms with Gasteiger partial charge in [0.15, 0.2) is 0 Å². The molecular weight excluding hydrogens is 348 g/mol. The minimum Gasteiger partial charge on any atom is -0.321 e. The van der Waals surface area contributed by atoms with Gasteiger partial charge in [0.1, 0.15) is 0 Å². The molecule has 1 aromatic heterocycles. The highest BCUT2D eigenvalue weighted by Gasteiger charge is 2.12. The molecule has 5 heteroatoms. The van der Waals surface area contributed by atoms with Crippen molar-refractivity contribution < 1.29 is 4.79 Å². The molecule has 3 nitrogen and oxygen atoms in total. The number of hydrogen-bond acceptors (Lipinski definition) is 4. The number of hydrogen-bond donors (Lipinski definition) is 1. The summed E-state index contributed by atoms with van der Waals surface area (Å²) in [5.41, 5.74) is 2.03. The smallest absolute Gasteiger partial charge is 0.257 e. The molecule has 0 fully saturated rings. The summed E-state index contributed by atoms with van der Waals surface area (Å²) in [7, 11) is 0. The Balaban J connectivity index is 1.84. The number of nitrogens with zero attached hydrogens (tertiary/aromatic N) is 1. The number of thioether (sulfide) groups is 1. The van der Waals surface area contributed by atoms with Crippen LogP contribution in [0.4, 0.5) is 11.4 Å². The van der Waals surface area contributed by atoms with E-state index in [0.717, 1.165) is 15.5 Å². The Morgan fingerprint density at radius 3 is 2.60 bits per heavy atom. The third-order valence-electron chi connectivity index (χ3n) is 3.60. The number of carbonyl (C=O) groups is 1. The number of aliphatic imine (C=N–C) groups is 1. The molecule has 25 heavy (non-hydrogen) atoms. The molecule has 1 heterocycles. The van der Waals surface area contributed by atoms with Crippen LogP contribution < -0.4 is 5.32 Å². The largest absolute Gasteiger partial charge is 0.321 e. The highest BCUT2D eigenvalue weighted by molar-refractivity contribution is 7.98. The van der Waals surface area contributed by atoms with Crippen LogP contribution in [0, 0.1) is 6.92 Å². The van der Waals surface area contributed by atoms with Crippen molar-refractivity contribution in [1.29, 1.82) is 0 Å². The van der Waals surface area contributed by atoms with E-state index >= 15 is 0 Å². The summed E-state index contributed by atoms with van der Waals surface area (Å²) in [4.78, 5) is 20.6. The first-order chi connectivity index (χ1) is 12.2. The SMILES string of the molecule is CSc1ccccc1NC(=O)c1ccccc1N=Cc1ccc(C)s1. The Morgan fingerprint density at radius 2 is 1.84 bits per heavy atom. The average Bonchev–Trinajstić information content (AvgIpc) is 3.06. The van der Waals surface area contributed by atoms with Crippen molar-refractivity contribution in [2.24, 2.45) is 4.99 Å². The number of thiophene rings is 1. The van der Waals surface area contributed by atoms with Gasteiger partial charge in [0.25, 0.3) is 5.91 Å². The van der Waals surface area contributed by atoms with Crippen LogP contribution in [0.25, 0.3) is 0 Å². The Kier molecular flexibility index (Phi) is 5.68. The molecule has 1 N–H and O–H groups in total. The van der Waals surface area contributed by atoms with Gasteiger partial charge >= 0.3 is 0 Å². The second-order valence-electron chi connectivity index (χ2n) is 5.38. The first-order valence-corrected chi connectivity index (χ1v) is 9.85. The highest BCUT2D eigenvalue weighted by atomic mass is 32.2. The molecule has 3 rings (SSSR count). The molecule has 0 saturated carbocycles. The van der Waals surface area contributed by atoms with Gasteiger partial charge in [0.2, 0.25) is 0 Å². The average molecular weight is 367 g/mol. The van der Waals surface area contributed by atoms with Gasteiger partial charge in [-0.1, -0.05) is 24.3 Å². The van der Waals surface area contributed by atoms with Crippen LogP contribution in [0.15, 0.2) is 70.6 Å². The molecule has 0 aliphatic heterocycles. The van der Waals surface area contributed by atoms with Gasteiger partial charge < -0.3 is 5.32 Å². The number of amides is 1. The Bertz CT molecular complexity index is 915. The van der Waals surface area contributed by atoms with Crippen molar-refractivity contribution in [3.05, 3.63) is 76.0 Å². The van der Waals surface area contributed by atoms with Gasteiger partial charge in [0, 0.05) is 20.9 Å². The predicted octanol–water partition coefficient (Wildman–Crippen LogP) is 5.78. The van der Waals surface area contributed by atoms with Crippen LogP contribution in [-0.2, 0) is 0 Å². The fourth-order valence-corrected chi connectivity index (χ4v) is 3.67. The first kappa shape index (κ1) is 17.5. The molecule has 126 valence electrons. The maximum absolute atomic E-state index is 12.7.